The third-order valence-electron chi connectivity index (χ3n) is 6.39. The lowest BCUT2D eigenvalue weighted by molar-refractivity contribution is -0.113. The van der Waals surface area contributed by atoms with Crippen LogP contribution in [0, 0.1) is 13.8 Å². The molecule has 0 fully saturated rings. The van der Waals surface area contributed by atoms with Gasteiger partial charge in [0.2, 0.25) is 11.6 Å². The number of carbonyl (C=O) groups excluding carboxylic acids is 2. The van der Waals surface area contributed by atoms with Crippen molar-refractivity contribution in [2.45, 2.75) is 40.0 Å². The van der Waals surface area contributed by atoms with Crippen LogP contribution in [0.1, 0.15) is 48.8 Å². The predicted molar refractivity (Wildman–Crippen MR) is 140 cm³/mol. The Balaban J connectivity index is 1.78. The molecule has 2 heterocycles. The molecule has 34 heavy (non-hydrogen) atoms. The second kappa shape index (κ2) is 7.72. The highest BCUT2D eigenvalue weighted by atomic mass is 35.5. The van der Waals surface area contributed by atoms with Crippen LogP contribution in [0.4, 0.5) is 0 Å². The van der Waals surface area contributed by atoms with Gasteiger partial charge in [-0.1, -0.05) is 73.8 Å². The van der Waals surface area contributed by atoms with Crippen molar-refractivity contribution in [1.82, 2.24) is 9.97 Å². The van der Waals surface area contributed by atoms with E-state index in [9.17, 15) is 9.59 Å². The number of ketones is 2. The molecule has 0 radical (unpaired) electrons. The molecule has 0 saturated carbocycles. The first kappa shape index (κ1) is 22.7. The number of para-hydroxylation sites is 1. The number of nitrogens with one attached hydrogen (secondary N) is 2. The molecule has 0 unspecified atom stereocenters. The Bertz CT molecular complexity index is 1610. The van der Waals surface area contributed by atoms with Crippen LogP contribution in [-0.2, 0) is 15.0 Å². The molecule has 6 heteroatoms. The number of fused-ring (bicyclic) bond motifs is 2. The van der Waals surface area contributed by atoms with Gasteiger partial charge in [-0.05, 0) is 32.0 Å². The normalized spacial score (nSPS) is 15.4. The highest BCUT2D eigenvalue weighted by molar-refractivity contribution is 6.68. The summed E-state index contributed by atoms with van der Waals surface area (Å²) in [6.07, 6.45) is 0. The number of halogens is 2. The average Bonchev–Trinajstić information content (AvgIpc) is 3.31. The molecule has 0 spiro atoms. The predicted octanol–water partition coefficient (Wildman–Crippen LogP) is 7.32. The summed E-state index contributed by atoms with van der Waals surface area (Å²) in [6.45, 7) is 9.98. The molecular weight excluding hydrogens is 467 g/mol. The number of H-pyrrole nitrogens is 2. The first-order valence-corrected chi connectivity index (χ1v) is 11.9. The number of hydrogen-bond acceptors (Lipinski definition) is 2. The van der Waals surface area contributed by atoms with E-state index in [0.29, 0.717) is 11.1 Å². The Morgan fingerprint density at radius 1 is 0.735 bits per heavy atom. The second-order valence-electron chi connectivity index (χ2n) is 9.88. The summed E-state index contributed by atoms with van der Waals surface area (Å²) >= 11 is 13.5. The molecule has 4 nitrogen and oxygen atoms in total. The molecule has 2 N–H and O–H groups in total. The van der Waals surface area contributed by atoms with Gasteiger partial charge in [0, 0.05) is 49.7 Å². The zero-order chi connectivity index (χ0) is 24.5. The van der Waals surface area contributed by atoms with Crippen LogP contribution in [0.2, 0.25) is 0 Å². The Hall–Kier alpha value is -3.08. The quantitative estimate of drug-likeness (QED) is 0.289. The molecule has 2 aromatic heterocycles. The third-order valence-corrected chi connectivity index (χ3v) is 7.11. The lowest BCUT2D eigenvalue weighted by Crippen LogP contribution is -2.22. The van der Waals surface area contributed by atoms with Crippen molar-refractivity contribution in [1.29, 1.82) is 0 Å². The molecule has 1 aliphatic rings. The zero-order valence-electron chi connectivity index (χ0n) is 19.6. The first-order valence-electron chi connectivity index (χ1n) is 11.1. The van der Waals surface area contributed by atoms with Crippen molar-refractivity contribution in [2.75, 3.05) is 0 Å². The van der Waals surface area contributed by atoms with Crippen molar-refractivity contribution in [2.24, 2.45) is 0 Å². The monoisotopic (exact) mass is 490 g/mol. The standard InChI is InChI=1S/C28H24Cl2N2O2/c1-13-10-11-18-16(12-13)19(14(2)31-18)21-23(29)26(34)22(24(30)25(21)33)20-15-8-6-7-9-17(15)32-27(20)28(3,4)5/h6-12,31-32H,1-5H3. The molecule has 0 aliphatic heterocycles. The van der Waals surface area contributed by atoms with Gasteiger partial charge < -0.3 is 9.97 Å². The summed E-state index contributed by atoms with van der Waals surface area (Å²) in [4.78, 5) is 34.3. The maximum absolute atomic E-state index is 13.8. The minimum absolute atomic E-state index is 0.110. The fourth-order valence-corrected chi connectivity index (χ4v) is 5.37. The van der Waals surface area contributed by atoms with Gasteiger partial charge in [0.1, 0.15) is 10.1 Å². The Kier molecular flexibility index (Phi) is 5.16. The van der Waals surface area contributed by atoms with E-state index in [-0.39, 0.29) is 26.6 Å². The van der Waals surface area contributed by atoms with E-state index in [0.717, 1.165) is 38.8 Å². The van der Waals surface area contributed by atoms with Crippen molar-refractivity contribution in [3.8, 4) is 0 Å². The van der Waals surface area contributed by atoms with Gasteiger partial charge in [-0.25, -0.2) is 0 Å². The number of rotatable bonds is 2. The first-order chi connectivity index (χ1) is 16.0. The van der Waals surface area contributed by atoms with Crippen molar-refractivity contribution < 1.29 is 9.59 Å². The van der Waals surface area contributed by atoms with Gasteiger partial charge in [0.15, 0.2) is 0 Å². The van der Waals surface area contributed by atoms with E-state index < -0.39 is 11.6 Å². The number of benzene rings is 2. The van der Waals surface area contributed by atoms with Crippen molar-refractivity contribution in [3.63, 3.8) is 0 Å². The SMILES string of the molecule is Cc1ccc2[nH]c(C)c(C3=C(Cl)C(=O)C(c4c(C(C)(C)C)[nH]c5ccccc45)=C(Cl)C3=O)c2c1. The zero-order valence-corrected chi connectivity index (χ0v) is 21.1. The molecular formula is C28H24Cl2N2O2. The molecule has 1 aliphatic carbocycles. The van der Waals surface area contributed by atoms with Crippen molar-refractivity contribution in [3.05, 3.63) is 80.6 Å². The van der Waals surface area contributed by atoms with Crippen LogP contribution >= 0.6 is 23.2 Å². The second-order valence-corrected chi connectivity index (χ2v) is 10.6. The van der Waals surface area contributed by atoms with Gasteiger partial charge in [-0.3, -0.25) is 9.59 Å². The number of allylic oxidation sites excluding steroid dienone is 4. The van der Waals surface area contributed by atoms with Gasteiger partial charge in [0.25, 0.3) is 0 Å². The van der Waals surface area contributed by atoms with Crippen LogP contribution in [0.5, 0.6) is 0 Å². The van der Waals surface area contributed by atoms with E-state index in [2.05, 4.69) is 9.97 Å². The Morgan fingerprint density at radius 3 is 1.97 bits per heavy atom. The minimum Gasteiger partial charge on any atom is -0.358 e. The minimum atomic E-state index is -0.447. The highest BCUT2D eigenvalue weighted by Gasteiger charge is 2.39. The number of aromatic nitrogens is 2. The largest absolute Gasteiger partial charge is 0.358 e. The van der Waals surface area contributed by atoms with E-state index in [1.165, 1.54) is 0 Å². The molecule has 4 aromatic rings. The molecule has 2 aromatic carbocycles. The van der Waals surface area contributed by atoms with Crippen LogP contribution in [0.15, 0.2) is 52.5 Å². The number of carbonyl (C=O) groups is 2. The number of aryl methyl sites for hydroxylation is 2. The highest BCUT2D eigenvalue weighted by Crippen LogP contribution is 2.45. The molecule has 0 amide bonds. The smallest absolute Gasteiger partial charge is 0.207 e. The maximum atomic E-state index is 13.8. The average molecular weight is 491 g/mol. The summed E-state index contributed by atoms with van der Waals surface area (Å²) < 4.78 is 0. The number of Topliss-reactive ketones (excluding diaryl/α,β-unsaturated/α-hetero) is 2. The summed E-state index contributed by atoms with van der Waals surface area (Å²) in [5, 5.41) is 1.44. The van der Waals surface area contributed by atoms with E-state index in [1.807, 2.05) is 77.1 Å². The molecule has 172 valence electrons. The molecule has 5 rings (SSSR count). The van der Waals surface area contributed by atoms with Gasteiger partial charge in [0.05, 0.1) is 11.1 Å². The van der Waals surface area contributed by atoms with Crippen molar-refractivity contribution >= 4 is 67.7 Å². The molecule has 0 atom stereocenters. The Morgan fingerprint density at radius 2 is 1.32 bits per heavy atom. The lowest BCUT2D eigenvalue weighted by atomic mass is 9.82. The van der Waals surface area contributed by atoms with Gasteiger partial charge >= 0.3 is 0 Å². The van der Waals surface area contributed by atoms with Gasteiger partial charge in [-0.2, -0.15) is 0 Å². The topological polar surface area (TPSA) is 65.7 Å². The van der Waals surface area contributed by atoms with Crippen LogP contribution in [0.25, 0.3) is 33.0 Å². The fourth-order valence-electron chi connectivity index (χ4n) is 4.82. The van der Waals surface area contributed by atoms with Gasteiger partial charge in [-0.15, -0.1) is 0 Å². The molecule has 0 bridgehead atoms. The summed E-state index contributed by atoms with van der Waals surface area (Å²) in [6, 6.07) is 13.6. The van der Waals surface area contributed by atoms with Crippen LogP contribution in [0.3, 0.4) is 0 Å². The maximum Gasteiger partial charge on any atom is 0.207 e. The van der Waals surface area contributed by atoms with E-state index in [1.54, 1.807) is 0 Å². The summed E-state index contributed by atoms with van der Waals surface area (Å²) in [7, 11) is 0. The fraction of sp³-hybridized carbons (Fsp3) is 0.214. The van der Waals surface area contributed by atoms with Crippen LogP contribution < -0.4 is 0 Å². The van der Waals surface area contributed by atoms with Crippen LogP contribution in [-0.4, -0.2) is 21.5 Å². The number of aromatic amines is 2. The van der Waals surface area contributed by atoms with E-state index >= 15 is 0 Å². The Labute approximate surface area is 207 Å². The van der Waals surface area contributed by atoms with E-state index in [4.69, 9.17) is 23.2 Å². The third kappa shape index (κ3) is 3.28. The number of hydrogen-bond donors (Lipinski definition) is 2. The summed E-state index contributed by atoms with van der Waals surface area (Å²) in [5.41, 5.74) is 5.58. The lowest BCUT2D eigenvalue weighted by Gasteiger charge is -2.23. The molecule has 0 saturated heterocycles. The summed E-state index contributed by atoms with van der Waals surface area (Å²) in [5.74, 6) is -0.894.